The summed E-state index contributed by atoms with van der Waals surface area (Å²) in [5.74, 6) is -0.265. The molecule has 1 aliphatic heterocycles. The van der Waals surface area contributed by atoms with Crippen LogP contribution in [0.2, 0.25) is 0 Å². The van der Waals surface area contributed by atoms with Crippen molar-refractivity contribution in [1.82, 2.24) is 14.6 Å². The summed E-state index contributed by atoms with van der Waals surface area (Å²) in [6.45, 7) is 7.98. The fourth-order valence-corrected chi connectivity index (χ4v) is 5.33. The van der Waals surface area contributed by atoms with Gasteiger partial charge in [-0.05, 0) is 67.7 Å². The van der Waals surface area contributed by atoms with Crippen molar-refractivity contribution in [1.29, 1.82) is 0 Å². The summed E-state index contributed by atoms with van der Waals surface area (Å²) >= 11 is 0. The number of carbonyl (C=O) groups excluding carboxylic acids is 1. The van der Waals surface area contributed by atoms with E-state index in [1.165, 1.54) is 25.4 Å². The number of halogens is 1. The third kappa shape index (κ3) is 6.00. The van der Waals surface area contributed by atoms with Gasteiger partial charge in [0.15, 0.2) is 0 Å². The Kier molecular flexibility index (Phi) is 7.91. The number of urea groups is 1. The lowest BCUT2D eigenvalue weighted by Gasteiger charge is -2.30. The molecular formula is C23H31FN4O4S. The number of likely N-dealkylation sites (tertiary alicyclic amines) is 1. The molecule has 8 nitrogen and oxygen atoms in total. The number of pyridine rings is 1. The SMILES string of the molecule is CCN1CCC(S(=O)(=O)NC(=O)Nc2c(-c3ccnc(OC)c3)cc(F)cc2C(C)C)CC1. The predicted molar refractivity (Wildman–Crippen MR) is 126 cm³/mol. The molecule has 1 fully saturated rings. The fourth-order valence-electron chi connectivity index (χ4n) is 4.03. The molecule has 1 aliphatic rings. The summed E-state index contributed by atoms with van der Waals surface area (Å²) in [7, 11) is -2.38. The number of nitrogens with one attached hydrogen (secondary N) is 2. The molecule has 0 bridgehead atoms. The Hall–Kier alpha value is -2.72. The molecule has 3 rings (SSSR count). The molecular weight excluding hydrogens is 447 g/mol. The first kappa shape index (κ1) is 24.9. The zero-order valence-electron chi connectivity index (χ0n) is 19.4. The van der Waals surface area contributed by atoms with Gasteiger partial charge in [-0.1, -0.05) is 20.8 Å². The van der Waals surface area contributed by atoms with Crippen LogP contribution in [0.5, 0.6) is 5.88 Å². The number of hydrogen-bond acceptors (Lipinski definition) is 6. The Balaban J connectivity index is 1.89. The molecule has 1 aromatic carbocycles. The number of ether oxygens (including phenoxy) is 1. The van der Waals surface area contributed by atoms with Crippen molar-refractivity contribution in [3.63, 3.8) is 0 Å². The van der Waals surface area contributed by atoms with Crippen LogP contribution in [0.3, 0.4) is 0 Å². The summed E-state index contributed by atoms with van der Waals surface area (Å²) in [4.78, 5) is 19.1. The lowest BCUT2D eigenvalue weighted by Crippen LogP contribution is -2.46. The zero-order valence-corrected chi connectivity index (χ0v) is 20.2. The molecule has 1 saturated heterocycles. The Morgan fingerprint density at radius 3 is 2.58 bits per heavy atom. The van der Waals surface area contributed by atoms with Crippen LogP contribution in [0.1, 0.15) is 45.1 Å². The van der Waals surface area contributed by atoms with Gasteiger partial charge in [-0.2, -0.15) is 0 Å². The second-order valence-corrected chi connectivity index (χ2v) is 10.4. The van der Waals surface area contributed by atoms with Gasteiger partial charge in [0.1, 0.15) is 5.82 Å². The van der Waals surface area contributed by atoms with Crippen LogP contribution in [-0.2, 0) is 10.0 Å². The van der Waals surface area contributed by atoms with Crippen LogP contribution in [0.4, 0.5) is 14.9 Å². The topological polar surface area (TPSA) is 101 Å². The highest BCUT2D eigenvalue weighted by atomic mass is 32.2. The van der Waals surface area contributed by atoms with E-state index in [2.05, 4.69) is 19.9 Å². The number of benzene rings is 1. The molecule has 2 heterocycles. The Morgan fingerprint density at radius 2 is 1.97 bits per heavy atom. The number of rotatable bonds is 7. The van der Waals surface area contributed by atoms with Crippen LogP contribution in [0, 0.1) is 5.82 Å². The maximum atomic E-state index is 14.5. The van der Waals surface area contributed by atoms with Crippen molar-refractivity contribution in [2.24, 2.45) is 0 Å². The molecule has 0 unspecified atom stereocenters. The largest absolute Gasteiger partial charge is 0.481 e. The maximum absolute atomic E-state index is 14.5. The van der Waals surface area contributed by atoms with Crippen molar-refractivity contribution in [3.8, 4) is 17.0 Å². The van der Waals surface area contributed by atoms with E-state index in [4.69, 9.17) is 4.74 Å². The summed E-state index contributed by atoms with van der Waals surface area (Å²) in [5.41, 5.74) is 1.87. The highest BCUT2D eigenvalue weighted by Gasteiger charge is 2.31. The number of carbonyl (C=O) groups is 1. The maximum Gasteiger partial charge on any atom is 0.332 e. The van der Waals surface area contributed by atoms with Gasteiger partial charge in [-0.15, -0.1) is 0 Å². The molecule has 33 heavy (non-hydrogen) atoms. The molecule has 2 N–H and O–H groups in total. The van der Waals surface area contributed by atoms with Gasteiger partial charge in [0, 0.05) is 17.8 Å². The summed E-state index contributed by atoms with van der Waals surface area (Å²) < 4.78 is 47.4. The van der Waals surface area contributed by atoms with Crippen LogP contribution in [0.15, 0.2) is 30.5 Å². The van der Waals surface area contributed by atoms with Gasteiger partial charge in [0.25, 0.3) is 0 Å². The summed E-state index contributed by atoms with van der Waals surface area (Å²) in [6, 6.07) is 5.06. The lowest BCUT2D eigenvalue weighted by atomic mass is 9.94. The van der Waals surface area contributed by atoms with Crippen LogP contribution >= 0.6 is 0 Å². The minimum atomic E-state index is -3.86. The Morgan fingerprint density at radius 1 is 1.27 bits per heavy atom. The molecule has 0 spiro atoms. The van der Waals surface area contributed by atoms with Crippen molar-refractivity contribution in [2.45, 2.75) is 44.8 Å². The minimum absolute atomic E-state index is 0.131. The summed E-state index contributed by atoms with van der Waals surface area (Å²) in [5, 5.41) is 2.04. The van der Waals surface area contributed by atoms with Crippen molar-refractivity contribution in [2.75, 3.05) is 32.1 Å². The van der Waals surface area contributed by atoms with E-state index in [-0.39, 0.29) is 5.92 Å². The average molecular weight is 479 g/mol. The number of nitrogens with zero attached hydrogens (tertiary/aromatic N) is 2. The minimum Gasteiger partial charge on any atom is -0.481 e. The van der Waals surface area contributed by atoms with Gasteiger partial charge in [-0.3, -0.25) is 0 Å². The molecule has 0 atom stereocenters. The number of sulfonamides is 1. The zero-order chi connectivity index (χ0) is 24.2. The van der Waals surface area contributed by atoms with E-state index >= 15 is 0 Å². The summed E-state index contributed by atoms with van der Waals surface area (Å²) in [6.07, 6.45) is 2.45. The fraction of sp³-hybridized carbons (Fsp3) is 0.478. The van der Waals surface area contributed by atoms with Crippen molar-refractivity contribution < 1.29 is 22.3 Å². The third-order valence-corrected chi connectivity index (χ3v) is 7.72. The van der Waals surface area contributed by atoms with Gasteiger partial charge < -0.3 is 15.0 Å². The van der Waals surface area contributed by atoms with E-state index in [1.54, 1.807) is 12.1 Å². The standard InChI is InChI=1S/C23H31FN4O4S/c1-5-28-10-7-18(8-11-28)33(30,31)27-23(29)26-22-19(15(2)3)13-17(24)14-20(22)16-6-9-25-21(12-16)32-4/h6,9,12-15,18H,5,7-8,10-11H2,1-4H3,(H2,26,27,29). The van der Waals surface area contributed by atoms with Gasteiger partial charge in [0.05, 0.1) is 18.0 Å². The highest BCUT2D eigenvalue weighted by molar-refractivity contribution is 7.90. The van der Waals surface area contributed by atoms with E-state index in [9.17, 15) is 17.6 Å². The smallest absolute Gasteiger partial charge is 0.332 e. The van der Waals surface area contributed by atoms with Crippen molar-refractivity contribution >= 4 is 21.7 Å². The Bertz CT molecular complexity index is 1100. The number of anilines is 1. The molecule has 0 saturated carbocycles. The quantitative estimate of drug-likeness (QED) is 0.625. The van der Waals surface area contributed by atoms with E-state index in [0.29, 0.717) is 54.2 Å². The highest BCUT2D eigenvalue weighted by Crippen LogP contribution is 2.36. The molecule has 180 valence electrons. The predicted octanol–water partition coefficient (Wildman–Crippen LogP) is 3.96. The van der Waals surface area contributed by atoms with Crippen LogP contribution in [-0.4, -0.2) is 56.3 Å². The number of aromatic nitrogens is 1. The van der Waals surface area contributed by atoms with E-state index in [1.807, 2.05) is 20.8 Å². The first-order valence-electron chi connectivity index (χ1n) is 11.0. The first-order chi connectivity index (χ1) is 15.6. The molecule has 2 aromatic rings. The molecule has 10 heteroatoms. The Labute approximate surface area is 194 Å². The second kappa shape index (κ2) is 10.5. The van der Waals surface area contributed by atoms with E-state index < -0.39 is 27.1 Å². The van der Waals surface area contributed by atoms with Crippen LogP contribution in [0.25, 0.3) is 11.1 Å². The van der Waals surface area contributed by atoms with Gasteiger partial charge in [0.2, 0.25) is 15.9 Å². The number of hydrogen-bond donors (Lipinski definition) is 2. The third-order valence-electron chi connectivity index (χ3n) is 5.90. The number of methoxy groups -OCH3 is 1. The normalized spacial score (nSPS) is 15.5. The van der Waals surface area contributed by atoms with E-state index in [0.717, 1.165) is 6.54 Å². The van der Waals surface area contributed by atoms with Crippen molar-refractivity contribution in [3.05, 3.63) is 41.8 Å². The first-order valence-corrected chi connectivity index (χ1v) is 12.6. The molecule has 0 aliphatic carbocycles. The average Bonchev–Trinajstić information content (AvgIpc) is 2.79. The van der Waals surface area contributed by atoms with Crippen LogP contribution < -0.4 is 14.8 Å². The molecule has 1 aromatic heterocycles. The number of amides is 2. The monoisotopic (exact) mass is 478 g/mol. The lowest BCUT2D eigenvalue weighted by molar-refractivity contribution is 0.240. The van der Waals surface area contributed by atoms with Gasteiger partial charge in [-0.25, -0.2) is 27.3 Å². The molecule has 0 radical (unpaired) electrons. The second-order valence-electron chi connectivity index (χ2n) is 8.39. The molecule has 2 amide bonds. The van der Waals surface area contributed by atoms with Gasteiger partial charge >= 0.3 is 6.03 Å². The number of piperidine rings is 1.